The SMILES string of the molecule is CC(C)(C)O[Si](O)(OC(C)(C)C)OC(C)(C)C.CC(C)(C)O[Si](O)(OC(C)(C)C)OC(C)(C)C.CC(C)O.CC(C)O.[Ti]. The number of rotatable bonds is 6. The molecule has 0 radical (unpaired) electrons. The van der Waals surface area contributed by atoms with Gasteiger partial charge >= 0.3 is 18.1 Å². The maximum atomic E-state index is 10.5. The van der Waals surface area contributed by atoms with E-state index in [1.54, 1.807) is 27.7 Å². The molecule has 43 heavy (non-hydrogen) atoms. The maximum Gasteiger partial charge on any atom is 0.678 e. The van der Waals surface area contributed by atoms with Crippen molar-refractivity contribution >= 4 is 18.1 Å². The van der Waals surface area contributed by atoms with Crippen LogP contribution < -0.4 is 0 Å². The van der Waals surface area contributed by atoms with Crippen LogP contribution in [0.15, 0.2) is 0 Å². The molecule has 13 heteroatoms. The Kier molecular flexibility index (Phi) is 25.0. The molecule has 0 bridgehead atoms. The minimum atomic E-state index is -3.66. The summed E-state index contributed by atoms with van der Waals surface area (Å²) in [7, 11) is -7.31. The summed E-state index contributed by atoms with van der Waals surface area (Å²) in [5.74, 6) is 0. The fraction of sp³-hybridized carbons (Fsp3) is 1.00. The van der Waals surface area contributed by atoms with Gasteiger partial charge in [-0.05, 0) is 152 Å². The van der Waals surface area contributed by atoms with E-state index in [0.717, 1.165) is 0 Å². The standard InChI is InChI=1S/2C12H28O4Si.2C3H8O.Ti/c2*1-10(2,3)14-17(13,15-11(4,5)6)16-12(7,8)9;2*1-3(2)4;/h2*13H,1-9H3;2*3-4H,1-2H3;. The first-order valence-electron chi connectivity index (χ1n) is 14.7. The molecule has 0 heterocycles. The van der Waals surface area contributed by atoms with Crippen molar-refractivity contribution in [3.63, 3.8) is 0 Å². The third-order valence-corrected chi connectivity index (χ3v) is 7.83. The van der Waals surface area contributed by atoms with Gasteiger partial charge in [0.05, 0.1) is 33.6 Å². The molecule has 0 aromatic heterocycles. The number of hydrogen-bond acceptors (Lipinski definition) is 10. The molecule has 0 fully saturated rings. The predicted octanol–water partition coefficient (Wildman–Crippen LogP) is 6.49. The molecule has 10 nitrogen and oxygen atoms in total. The average molecular weight is 697 g/mol. The van der Waals surface area contributed by atoms with E-state index in [9.17, 15) is 9.59 Å². The molecule has 0 aliphatic carbocycles. The minimum absolute atomic E-state index is 0. The second kappa shape index (κ2) is 20.2. The topological polar surface area (TPSA) is 136 Å². The molecule has 0 spiro atoms. The smallest absolute Gasteiger partial charge is 0.394 e. The van der Waals surface area contributed by atoms with E-state index in [1.807, 2.05) is 125 Å². The second-order valence-corrected chi connectivity index (χ2v) is 19.8. The Labute approximate surface area is 283 Å². The summed E-state index contributed by atoms with van der Waals surface area (Å²) >= 11 is 0. The van der Waals surface area contributed by atoms with Crippen molar-refractivity contribution in [1.82, 2.24) is 0 Å². The molecule has 0 aromatic rings. The van der Waals surface area contributed by atoms with E-state index in [-0.39, 0.29) is 33.9 Å². The monoisotopic (exact) mass is 696 g/mol. The average Bonchev–Trinajstić information content (AvgIpc) is 2.39. The van der Waals surface area contributed by atoms with Gasteiger partial charge in [-0.25, -0.2) is 0 Å². The Hall–Kier alpha value is 0.748. The molecule has 0 aliphatic heterocycles. The third-order valence-electron chi connectivity index (χ3n) is 2.61. The molecular formula is C30H72O10Si2Ti. The molecule has 0 unspecified atom stereocenters. The van der Waals surface area contributed by atoms with Crippen LogP contribution in [0.2, 0.25) is 0 Å². The van der Waals surface area contributed by atoms with E-state index in [0.29, 0.717) is 0 Å². The van der Waals surface area contributed by atoms with Gasteiger partial charge in [0.2, 0.25) is 0 Å². The third kappa shape index (κ3) is 52.6. The van der Waals surface area contributed by atoms with Crippen LogP contribution in [0, 0.1) is 0 Å². The maximum absolute atomic E-state index is 10.5. The van der Waals surface area contributed by atoms with Gasteiger partial charge in [-0.3, -0.25) is 0 Å². The molecule has 0 saturated carbocycles. The molecule has 0 rings (SSSR count). The van der Waals surface area contributed by atoms with Crippen LogP contribution in [0.25, 0.3) is 0 Å². The fourth-order valence-electron chi connectivity index (χ4n) is 2.45. The quantitative estimate of drug-likeness (QED) is 0.228. The van der Waals surface area contributed by atoms with E-state index < -0.39 is 51.7 Å². The van der Waals surface area contributed by atoms with Crippen LogP contribution in [-0.2, 0) is 48.3 Å². The van der Waals surface area contributed by atoms with Gasteiger partial charge in [-0.15, -0.1) is 0 Å². The van der Waals surface area contributed by atoms with E-state index in [4.69, 9.17) is 36.8 Å². The van der Waals surface area contributed by atoms with Crippen molar-refractivity contribution in [2.75, 3.05) is 0 Å². The normalized spacial score (nSPS) is 13.7. The van der Waals surface area contributed by atoms with Crippen molar-refractivity contribution in [3.05, 3.63) is 0 Å². The molecule has 0 atom stereocenters. The van der Waals surface area contributed by atoms with E-state index >= 15 is 0 Å². The summed E-state index contributed by atoms with van der Waals surface area (Å²) < 4.78 is 33.8. The minimum Gasteiger partial charge on any atom is -0.394 e. The van der Waals surface area contributed by atoms with Crippen LogP contribution >= 0.6 is 0 Å². The van der Waals surface area contributed by atoms with E-state index in [1.165, 1.54) is 0 Å². The van der Waals surface area contributed by atoms with Crippen molar-refractivity contribution in [3.8, 4) is 0 Å². The van der Waals surface area contributed by atoms with Crippen LogP contribution in [0.1, 0.15) is 152 Å². The summed E-state index contributed by atoms with van der Waals surface area (Å²) in [4.78, 5) is 21.0. The van der Waals surface area contributed by atoms with Crippen molar-refractivity contribution in [2.24, 2.45) is 0 Å². The predicted molar refractivity (Wildman–Crippen MR) is 176 cm³/mol. The Morgan fingerprint density at radius 2 is 0.419 bits per heavy atom. The van der Waals surface area contributed by atoms with Gasteiger partial charge in [0.25, 0.3) is 0 Å². The molecular weight excluding hydrogens is 624 g/mol. The fourth-order valence-corrected chi connectivity index (χ4v) is 7.34. The van der Waals surface area contributed by atoms with Crippen LogP contribution in [-0.4, -0.2) is 83.7 Å². The van der Waals surface area contributed by atoms with Gasteiger partial charge in [0, 0.05) is 33.9 Å². The largest absolute Gasteiger partial charge is 0.678 e. The van der Waals surface area contributed by atoms with Crippen LogP contribution in [0.5, 0.6) is 0 Å². The molecule has 264 valence electrons. The second-order valence-electron chi connectivity index (χ2n) is 16.5. The molecule has 0 aliphatic rings. The van der Waals surface area contributed by atoms with Gasteiger partial charge in [0.1, 0.15) is 0 Å². The van der Waals surface area contributed by atoms with Crippen LogP contribution in [0.3, 0.4) is 0 Å². The Balaban J connectivity index is -0.000000175. The van der Waals surface area contributed by atoms with Crippen molar-refractivity contribution < 1.29 is 68.1 Å². The van der Waals surface area contributed by atoms with Gasteiger partial charge < -0.3 is 46.4 Å². The Morgan fingerprint density at radius 3 is 0.465 bits per heavy atom. The number of hydrogen-bond donors (Lipinski definition) is 4. The zero-order chi connectivity index (χ0) is 35.4. The zero-order valence-corrected chi connectivity index (χ0v) is 35.5. The first-order chi connectivity index (χ1) is 17.7. The number of aliphatic hydroxyl groups is 2. The summed E-state index contributed by atoms with van der Waals surface area (Å²) in [5.41, 5.74) is -3.10. The van der Waals surface area contributed by atoms with Crippen molar-refractivity contribution in [2.45, 2.75) is 198 Å². The van der Waals surface area contributed by atoms with E-state index in [2.05, 4.69) is 0 Å². The summed E-state index contributed by atoms with van der Waals surface area (Å²) in [6.07, 6.45) is -0.333. The Bertz CT molecular complexity index is 548. The first-order valence-corrected chi connectivity index (χ1v) is 18.1. The van der Waals surface area contributed by atoms with Crippen LogP contribution in [0.4, 0.5) is 0 Å². The molecule has 0 aromatic carbocycles. The van der Waals surface area contributed by atoms with Gasteiger partial charge in [-0.1, -0.05) is 0 Å². The molecule has 4 N–H and O–H groups in total. The van der Waals surface area contributed by atoms with Gasteiger partial charge in [-0.2, -0.15) is 0 Å². The number of aliphatic hydroxyl groups excluding tert-OH is 2. The summed E-state index contributed by atoms with van der Waals surface area (Å²) in [6.45, 7) is 40.4. The molecule has 0 amide bonds. The molecule has 0 saturated heterocycles. The summed E-state index contributed by atoms with van der Waals surface area (Å²) in [6, 6.07) is 0. The van der Waals surface area contributed by atoms with Gasteiger partial charge in [0.15, 0.2) is 0 Å². The summed E-state index contributed by atoms with van der Waals surface area (Å²) in [5, 5.41) is 16.1. The Morgan fingerprint density at radius 1 is 0.349 bits per heavy atom. The van der Waals surface area contributed by atoms with Crippen molar-refractivity contribution in [1.29, 1.82) is 0 Å². The zero-order valence-electron chi connectivity index (χ0n) is 31.9. The first kappa shape index (κ1) is 53.2.